The average Bonchev–Trinajstić information content (AvgIpc) is 2.77. The number of likely N-dealkylation sites (tertiary alicyclic amines) is 1. The number of nitrogens with one attached hydrogen (secondary N) is 1. The van der Waals surface area contributed by atoms with Gasteiger partial charge in [0.05, 0.1) is 6.10 Å². The molecule has 0 saturated carbocycles. The Morgan fingerprint density at radius 1 is 1.37 bits per heavy atom. The highest BCUT2D eigenvalue weighted by atomic mass is 16.3. The van der Waals surface area contributed by atoms with Crippen LogP contribution >= 0.6 is 0 Å². The second kappa shape index (κ2) is 7.04. The second-order valence-corrected chi connectivity index (χ2v) is 5.68. The van der Waals surface area contributed by atoms with E-state index < -0.39 is 0 Å². The molecule has 1 fully saturated rings. The zero-order valence-corrected chi connectivity index (χ0v) is 12.0. The van der Waals surface area contributed by atoms with Gasteiger partial charge in [0, 0.05) is 31.7 Å². The molecule has 1 aromatic rings. The van der Waals surface area contributed by atoms with Gasteiger partial charge in [0.1, 0.15) is 0 Å². The Labute approximate surface area is 116 Å². The molecule has 1 saturated heterocycles. The largest absolute Gasteiger partial charge is 0.392 e. The van der Waals surface area contributed by atoms with Crippen molar-refractivity contribution in [3.8, 4) is 0 Å². The SMILES string of the molecule is CCC(C)NCC1CC(O)CN1Cc1ccccc1. The predicted molar refractivity (Wildman–Crippen MR) is 79.0 cm³/mol. The first-order valence-electron chi connectivity index (χ1n) is 7.38. The Kier molecular flexibility index (Phi) is 5.37. The summed E-state index contributed by atoms with van der Waals surface area (Å²) >= 11 is 0. The summed E-state index contributed by atoms with van der Waals surface area (Å²) in [6, 6.07) is 11.5. The number of rotatable bonds is 6. The highest BCUT2D eigenvalue weighted by Crippen LogP contribution is 2.20. The summed E-state index contributed by atoms with van der Waals surface area (Å²) in [5, 5.41) is 13.5. The van der Waals surface area contributed by atoms with Crippen LogP contribution in [0.5, 0.6) is 0 Å². The Balaban J connectivity index is 1.90. The first kappa shape index (κ1) is 14.5. The highest BCUT2D eigenvalue weighted by molar-refractivity contribution is 5.15. The predicted octanol–water partition coefficient (Wildman–Crippen LogP) is 2.01. The van der Waals surface area contributed by atoms with Gasteiger partial charge in [0.15, 0.2) is 0 Å². The van der Waals surface area contributed by atoms with E-state index in [1.807, 2.05) is 6.07 Å². The van der Waals surface area contributed by atoms with Crippen LogP contribution in [0, 0.1) is 0 Å². The topological polar surface area (TPSA) is 35.5 Å². The molecule has 3 heteroatoms. The molecule has 0 bridgehead atoms. The van der Waals surface area contributed by atoms with Crippen molar-refractivity contribution in [2.75, 3.05) is 13.1 Å². The Morgan fingerprint density at radius 3 is 2.79 bits per heavy atom. The Hall–Kier alpha value is -0.900. The standard InChI is InChI=1S/C16H26N2O/c1-3-13(2)17-10-15-9-16(19)12-18(15)11-14-7-5-4-6-8-14/h4-8,13,15-17,19H,3,9-12H2,1-2H3. The summed E-state index contributed by atoms with van der Waals surface area (Å²) in [6.45, 7) is 7.11. The monoisotopic (exact) mass is 262 g/mol. The molecule has 3 nitrogen and oxygen atoms in total. The highest BCUT2D eigenvalue weighted by Gasteiger charge is 2.30. The molecule has 2 rings (SSSR count). The molecule has 19 heavy (non-hydrogen) atoms. The van der Waals surface area contributed by atoms with Crippen molar-refractivity contribution in [1.29, 1.82) is 0 Å². The number of hydrogen-bond donors (Lipinski definition) is 2. The molecular formula is C16H26N2O. The van der Waals surface area contributed by atoms with E-state index in [4.69, 9.17) is 0 Å². The minimum Gasteiger partial charge on any atom is -0.392 e. The third-order valence-corrected chi connectivity index (χ3v) is 4.05. The maximum Gasteiger partial charge on any atom is 0.0682 e. The molecule has 1 aromatic carbocycles. The van der Waals surface area contributed by atoms with Crippen molar-refractivity contribution in [3.63, 3.8) is 0 Å². The van der Waals surface area contributed by atoms with E-state index in [0.29, 0.717) is 12.1 Å². The molecule has 0 amide bonds. The second-order valence-electron chi connectivity index (χ2n) is 5.68. The first-order valence-corrected chi connectivity index (χ1v) is 7.38. The zero-order valence-electron chi connectivity index (χ0n) is 12.0. The fourth-order valence-corrected chi connectivity index (χ4v) is 2.66. The molecule has 0 spiro atoms. The molecule has 2 N–H and O–H groups in total. The van der Waals surface area contributed by atoms with Gasteiger partial charge in [-0.15, -0.1) is 0 Å². The van der Waals surface area contributed by atoms with Gasteiger partial charge < -0.3 is 10.4 Å². The van der Waals surface area contributed by atoms with Crippen LogP contribution in [0.1, 0.15) is 32.3 Å². The summed E-state index contributed by atoms with van der Waals surface area (Å²) < 4.78 is 0. The van der Waals surface area contributed by atoms with E-state index in [-0.39, 0.29) is 6.10 Å². The maximum atomic E-state index is 9.90. The summed E-state index contributed by atoms with van der Waals surface area (Å²) in [5.41, 5.74) is 1.32. The van der Waals surface area contributed by atoms with Crippen LogP contribution in [0.25, 0.3) is 0 Å². The van der Waals surface area contributed by atoms with E-state index in [2.05, 4.69) is 48.3 Å². The molecule has 1 aliphatic rings. The minimum atomic E-state index is -0.174. The molecule has 0 radical (unpaired) electrons. The normalized spacial score (nSPS) is 25.6. The maximum absolute atomic E-state index is 9.90. The third kappa shape index (κ3) is 4.30. The van der Waals surface area contributed by atoms with Crippen molar-refractivity contribution in [2.45, 2.75) is 51.4 Å². The number of nitrogens with zero attached hydrogens (tertiary/aromatic N) is 1. The number of aliphatic hydroxyl groups is 1. The lowest BCUT2D eigenvalue weighted by atomic mass is 10.1. The molecule has 1 aliphatic heterocycles. The van der Waals surface area contributed by atoms with Crippen LogP contribution in [0.4, 0.5) is 0 Å². The van der Waals surface area contributed by atoms with Gasteiger partial charge >= 0.3 is 0 Å². The molecule has 0 aliphatic carbocycles. The van der Waals surface area contributed by atoms with Crippen LogP contribution in [0.15, 0.2) is 30.3 Å². The summed E-state index contributed by atoms with van der Waals surface area (Å²) in [4.78, 5) is 2.40. The number of β-amino-alcohol motifs (C(OH)–C–C–N with tert-alkyl or cyclic N) is 1. The van der Waals surface area contributed by atoms with Gasteiger partial charge in [-0.3, -0.25) is 4.90 Å². The Bertz CT molecular complexity index is 368. The Morgan fingerprint density at radius 2 is 2.11 bits per heavy atom. The van der Waals surface area contributed by atoms with Crippen LogP contribution < -0.4 is 5.32 Å². The number of benzene rings is 1. The molecular weight excluding hydrogens is 236 g/mol. The van der Waals surface area contributed by atoms with E-state index in [0.717, 1.165) is 32.5 Å². The summed E-state index contributed by atoms with van der Waals surface area (Å²) in [6.07, 6.45) is 1.86. The van der Waals surface area contributed by atoms with Crippen molar-refractivity contribution in [1.82, 2.24) is 10.2 Å². The first-order chi connectivity index (χ1) is 9.19. The van der Waals surface area contributed by atoms with Gasteiger partial charge in [0.2, 0.25) is 0 Å². The third-order valence-electron chi connectivity index (χ3n) is 4.05. The number of aliphatic hydroxyl groups excluding tert-OH is 1. The summed E-state index contributed by atoms with van der Waals surface area (Å²) in [7, 11) is 0. The number of hydrogen-bond acceptors (Lipinski definition) is 3. The minimum absolute atomic E-state index is 0.174. The van der Waals surface area contributed by atoms with Crippen molar-refractivity contribution >= 4 is 0 Å². The van der Waals surface area contributed by atoms with Gasteiger partial charge in [-0.1, -0.05) is 37.3 Å². The fourth-order valence-electron chi connectivity index (χ4n) is 2.66. The van der Waals surface area contributed by atoms with Crippen LogP contribution in [-0.4, -0.2) is 41.3 Å². The van der Waals surface area contributed by atoms with Crippen molar-refractivity contribution in [2.24, 2.45) is 0 Å². The zero-order chi connectivity index (χ0) is 13.7. The van der Waals surface area contributed by atoms with Crippen LogP contribution in [-0.2, 0) is 6.54 Å². The molecule has 1 heterocycles. The van der Waals surface area contributed by atoms with Gasteiger partial charge in [-0.2, -0.15) is 0 Å². The van der Waals surface area contributed by atoms with Gasteiger partial charge in [-0.05, 0) is 25.3 Å². The van der Waals surface area contributed by atoms with E-state index >= 15 is 0 Å². The molecule has 3 atom stereocenters. The van der Waals surface area contributed by atoms with Gasteiger partial charge in [0.25, 0.3) is 0 Å². The van der Waals surface area contributed by atoms with Crippen LogP contribution in [0.2, 0.25) is 0 Å². The average molecular weight is 262 g/mol. The quantitative estimate of drug-likeness (QED) is 0.823. The lowest BCUT2D eigenvalue weighted by Gasteiger charge is -2.25. The van der Waals surface area contributed by atoms with E-state index in [9.17, 15) is 5.11 Å². The van der Waals surface area contributed by atoms with E-state index in [1.54, 1.807) is 0 Å². The smallest absolute Gasteiger partial charge is 0.0682 e. The molecule has 106 valence electrons. The lowest BCUT2D eigenvalue weighted by molar-refractivity contribution is 0.172. The fraction of sp³-hybridized carbons (Fsp3) is 0.625. The van der Waals surface area contributed by atoms with E-state index in [1.165, 1.54) is 5.56 Å². The van der Waals surface area contributed by atoms with Crippen molar-refractivity contribution < 1.29 is 5.11 Å². The lowest BCUT2D eigenvalue weighted by Crippen LogP contribution is -2.40. The molecule has 3 unspecified atom stereocenters. The van der Waals surface area contributed by atoms with Gasteiger partial charge in [-0.25, -0.2) is 0 Å². The van der Waals surface area contributed by atoms with Crippen LogP contribution in [0.3, 0.4) is 0 Å². The summed E-state index contributed by atoms with van der Waals surface area (Å²) in [5.74, 6) is 0. The molecule has 0 aromatic heterocycles. The van der Waals surface area contributed by atoms with Crippen molar-refractivity contribution in [3.05, 3.63) is 35.9 Å².